The summed E-state index contributed by atoms with van der Waals surface area (Å²) in [6.07, 6.45) is -10.5. The van der Waals surface area contributed by atoms with Gasteiger partial charge in [-0.3, -0.25) is 9.59 Å². The number of anilines is 2. The van der Waals surface area contributed by atoms with Crippen LogP contribution < -0.4 is 10.6 Å². The number of nitrogens with one attached hydrogen (secondary N) is 2. The fourth-order valence-electron chi connectivity index (χ4n) is 2.30. The molecule has 1 aromatic heterocycles. The van der Waals surface area contributed by atoms with Crippen molar-refractivity contribution in [3.63, 3.8) is 0 Å². The Morgan fingerprint density at radius 1 is 0.828 bits per heavy atom. The van der Waals surface area contributed by atoms with Gasteiger partial charge in [-0.15, -0.1) is 0 Å². The van der Waals surface area contributed by atoms with Crippen molar-refractivity contribution in [2.24, 2.45) is 0 Å². The van der Waals surface area contributed by atoms with Gasteiger partial charge in [0.1, 0.15) is 5.52 Å². The summed E-state index contributed by atoms with van der Waals surface area (Å²) in [5, 5.41) is 3.02. The summed E-state index contributed by atoms with van der Waals surface area (Å²) in [7, 11) is 0. The molecule has 0 spiro atoms. The van der Waals surface area contributed by atoms with Gasteiger partial charge in [0.25, 0.3) is 0 Å². The van der Waals surface area contributed by atoms with Crippen molar-refractivity contribution < 1.29 is 40.3 Å². The summed E-state index contributed by atoms with van der Waals surface area (Å²) in [6.45, 7) is 0. The number of carbonyl (C=O) groups excluding carboxylic acids is 2. The predicted molar refractivity (Wildman–Crippen MR) is 88.8 cm³/mol. The van der Waals surface area contributed by atoms with Crippen molar-refractivity contribution >= 4 is 34.3 Å². The van der Waals surface area contributed by atoms with E-state index in [9.17, 15) is 35.9 Å². The van der Waals surface area contributed by atoms with Gasteiger partial charge in [-0.05, 0) is 30.3 Å². The van der Waals surface area contributed by atoms with Crippen LogP contribution in [0.1, 0.15) is 0 Å². The number of rotatable bonds is 3. The van der Waals surface area contributed by atoms with E-state index in [4.69, 9.17) is 4.42 Å². The van der Waals surface area contributed by atoms with Gasteiger partial charge in [0.15, 0.2) is 5.58 Å². The zero-order valence-corrected chi connectivity index (χ0v) is 14.0. The molecule has 0 unspecified atom stereocenters. The average Bonchev–Trinajstić information content (AvgIpc) is 3.04. The Kier molecular flexibility index (Phi) is 4.95. The average molecular weight is 417 g/mol. The highest BCUT2D eigenvalue weighted by atomic mass is 19.4. The number of benzene rings is 2. The van der Waals surface area contributed by atoms with Crippen molar-refractivity contribution in [1.29, 1.82) is 0 Å². The molecule has 3 aromatic rings. The number of para-hydroxylation sites is 2. The highest BCUT2D eigenvalue weighted by molar-refractivity contribution is 5.99. The Hall–Kier alpha value is -3.57. The number of amides is 2. The Labute approximate surface area is 157 Å². The Morgan fingerprint density at radius 3 is 1.83 bits per heavy atom. The molecule has 0 aliphatic heterocycles. The van der Waals surface area contributed by atoms with E-state index in [1.54, 1.807) is 24.3 Å². The van der Waals surface area contributed by atoms with Gasteiger partial charge >= 0.3 is 24.2 Å². The van der Waals surface area contributed by atoms with Crippen LogP contribution in [0.15, 0.2) is 46.9 Å². The highest BCUT2D eigenvalue weighted by Gasteiger charge is 2.40. The Bertz CT molecular complexity index is 1010. The van der Waals surface area contributed by atoms with Gasteiger partial charge in [-0.2, -0.15) is 26.3 Å². The van der Waals surface area contributed by atoms with E-state index in [1.807, 2.05) is 0 Å². The van der Waals surface area contributed by atoms with Crippen LogP contribution in [0.25, 0.3) is 22.6 Å². The van der Waals surface area contributed by atoms with Crippen LogP contribution in [-0.4, -0.2) is 29.2 Å². The van der Waals surface area contributed by atoms with E-state index in [0.717, 1.165) is 18.2 Å². The fraction of sp³-hybridized carbons (Fsp3) is 0.118. The van der Waals surface area contributed by atoms with Gasteiger partial charge in [0.2, 0.25) is 5.89 Å². The van der Waals surface area contributed by atoms with E-state index in [1.165, 1.54) is 10.6 Å². The maximum atomic E-state index is 12.5. The molecule has 0 saturated carbocycles. The number of hydrogen-bond acceptors (Lipinski definition) is 4. The third-order valence-corrected chi connectivity index (χ3v) is 3.50. The lowest BCUT2D eigenvalue weighted by molar-refractivity contribution is -0.167. The molecule has 0 radical (unpaired) electrons. The standard InChI is InChI=1S/C17H9F6N3O3/c18-16(19,20)14(27)24-9-5-8(6-10(7-9)25-15(28)17(21,22)23)13-26-11-3-1-2-4-12(11)29-13/h1-7H,(H,24,27)(H,25,28). The second-order valence-electron chi connectivity index (χ2n) is 5.69. The third kappa shape index (κ3) is 4.65. The molecule has 29 heavy (non-hydrogen) atoms. The second kappa shape index (κ2) is 7.11. The molecule has 1 heterocycles. The van der Waals surface area contributed by atoms with E-state index in [0.29, 0.717) is 11.1 Å². The maximum Gasteiger partial charge on any atom is 0.471 e. The monoisotopic (exact) mass is 417 g/mol. The van der Waals surface area contributed by atoms with Crippen molar-refractivity contribution in [3.05, 3.63) is 42.5 Å². The van der Waals surface area contributed by atoms with Crippen LogP contribution in [0, 0.1) is 0 Å². The third-order valence-electron chi connectivity index (χ3n) is 3.50. The lowest BCUT2D eigenvalue weighted by Crippen LogP contribution is -2.31. The molecular weight excluding hydrogens is 408 g/mol. The SMILES string of the molecule is O=C(Nc1cc(NC(=O)C(F)(F)F)cc(-c2nc3ccccc3o2)c1)C(F)(F)F. The van der Waals surface area contributed by atoms with Gasteiger partial charge in [-0.25, -0.2) is 4.98 Å². The summed E-state index contributed by atoms with van der Waals surface area (Å²) in [5.74, 6) is -4.84. The predicted octanol–water partition coefficient (Wildman–Crippen LogP) is 4.50. The smallest absolute Gasteiger partial charge is 0.436 e. The van der Waals surface area contributed by atoms with E-state index in [2.05, 4.69) is 4.98 Å². The zero-order chi connectivity index (χ0) is 21.4. The minimum absolute atomic E-state index is 0.0707. The molecule has 2 amide bonds. The molecule has 6 nitrogen and oxygen atoms in total. The number of hydrogen-bond donors (Lipinski definition) is 2. The molecule has 152 valence electrons. The van der Waals surface area contributed by atoms with Gasteiger partial charge in [-0.1, -0.05) is 12.1 Å². The van der Waals surface area contributed by atoms with Crippen LogP contribution in [0.5, 0.6) is 0 Å². The largest absolute Gasteiger partial charge is 0.471 e. The number of aromatic nitrogens is 1. The molecule has 12 heteroatoms. The molecule has 0 bridgehead atoms. The van der Waals surface area contributed by atoms with Crippen LogP contribution in [0.4, 0.5) is 37.7 Å². The van der Waals surface area contributed by atoms with Crippen LogP contribution in [0.2, 0.25) is 0 Å². The van der Waals surface area contributed by atoms with Crippen molar-refractivity contribution in [3.8, 4) is 11.5 Å². The number of carbonyl (C=O) groups is 2. The molecule has 0 saturated heterocycles. The van der Waals surface area contributed by atoms with E-state index >= 15 is 0 Å². The lowest BCUT2D eigenvalue weighted by Gasteiger charge is -2.13. The fourth-order valence-corrected chi connectivity index (χ4v) is 2.30. The molecule has 0 aliphatic rings. The maximum absolute atomic E-state index is 12.5. The molecule has 0 atom stereocenters. The minimum Gasteiger partial charge on any atom is -0.436 e. The van der Waals surface area contributed by atoms with Crippen molar-refractivity contribution in [2.45, 2.75) is 12.4 Å². The van der Waals surface area contributed by atoms with Crippen molar-refractivity contribution in [1.82, 2.24) is 4.98 Å². The van der Waals surface area contributed by atoms with Crippen LogP contribution in [-0.2, 0) is 9.59 Å². The van der Waals surface area contributed by atoms with Crippen LogP contribution >= 0.6 is 0 Å². The first kappa shape index (κ1) is 20.2. The van der Waals surface area contributed by atoms with Crippen LogP contribution in [0.3, 0.4) is 0 Å². The molecular formula is C17H9F6N3O3. The molecule has 0 aliphatic carbocycles. The summed E-state index contributed by atoms with van der Waals surface area (Å²) in [5.41, 5.74) is -0.422. The first-order valence-corrected chi connectivity index (χ1v) is 7.71. The van der Waals surface area contributed by atoms with E-state index in [-0.39, 0.29) is 11.5 Å². The number of nitrogens with zero attached hydrogens (tertiary/aromatic N) is 1. The summed E-state index contributed by atoms with van der Waals surface area (Å²) < 4.78 is 80.4. The number of halogens is 6. The van der Waals surface area contributed by atoms with Gasteiger partial charge < -0.3 is 15.1 Å². The summed E-state index contributed by atoms with van der Waals surface area (Å²) in [4.78, 5) is 26.4. The van der Waals surface area contributed by atoms with E-state index < -0.39 is 35.5 Å². The Morgan fingerprint density at radius 2 is 1.34 bits per heavy atom. The Balaban J connectivity index is 2.04. The zero-order valence-electron chi connectivity index (χ0n) is 14.0. The van der Waals surface area contributed by atoms with Crippen molar-refractivity contribution in [2.75, 3.05) is 10.6 Å². The van der Waals surface area contributed by atoms with Gasteiger partial charge in [0.05, 0.1) is 0 Å². The normalized spacial score (nSPS) is 12.1. The quantitative estimate of drug-likeness (QED) is 0.615. The molecule has 0 fully saturated rings. The molecule has 2 aromatic carbocycles. The first-order valence-electron chi connectivity index (χ1n) is 7.71. The second-order valence-corrected chi connectivity index (χ2v) is 5.69. The highest BCUT2D eigenvalue weighted by Crippen LogP contribution is 2.31. The summed E-state index contributed by atoms with van der Waals surface area (Å²) in [6, 6.07) is 9.15. The number of alkyl halides is 6. The number of oxazole rings is 1. The van der Waals surface area contributed by atoms with Gasteiger partial charge in [0, 0.05) is 16.9 Å². The first-order chi connectivity index (χ1) is 13.4. The lowest BCUT2D eigenvalue weighted by atomic mass is 10.1. The molecule has 2 N–H and O–H groups in total. The topological polar surface area (TPSA) is 84.2 Å². The minimum atomic E-state index is -5.23. The summed E-state index contributed by atoms with van der Waals surface area (Å²) >= 11 is 0. The molecule has 3 rings (SSSR count). The number of fused-ring (bicyclic) bond motifs is 1.